The summed E-state index contributed by atoms with van der Waals surface area (Å²) in [7, 11) is 1.39. The molecule has 1 fully saturated rings. The Hall–Kier alpha value is -5.18. The molecule has 0 unspecified atom stereocenters. The van der Waals surface area contributed by atoms with Crippen molar-refractivity contribution in [3.63, 3.8) is 0 Å². The molecule has 9 heteroatoms. The predicted octanol–water partition coefficient (Wildman–Crippen LogP) is 4.47. The zero-order chi connectivity index (χ0) is 27.2. The average molecular weight is 513 g/mol. The van der Waals surface area contributed by atoms with E-state index in [-0.39, 0.29) is 17.1 Å². The van der Waals surface area contributed by atoms with E-state index in [1.54, 1.807) is 72.8 Å². The Morgan fingerprint density at radius 2 is 1.47 bits per heavy atom. The van der Waals surface area contributed by atoms with Crippen LogP contribution < -0.4 is 19.3 Å². The van der Waals surface area contributed by atoms with Crippen LogP contribution in [0.3, 0.4) is 0 Å². The number of benzene rings is 3. The molecule has 9 nitrogen and oxygen atoms in total. The van der Waals surface area contributed by atoms with Crippen molar-refractivity contribution in [2.24, 2.45) is 0 Å². The summed E-state index contributed by atoms with van der Waals surface area (Å²) in [4.78, 5) is 53.6. The molecule has 1 heterocycles. The highest BCUT2D eigenvalue weighted by Gasteiger charge is 2.43. The first-order valence-electron chi connectivity index (χ1n) is 11.6. The number of urea groups is 1. The second kappa shape index (κ2) is 11.3. The number of methoxy groups -OCH3 is 1. The van der Waals surface area contributed by atoms with E-state index in [0.29, 0.717) is 28.9 Å². The van der Waals surface area contributed by atoms with E-state index in [2.05, 4.69) is 6.58 Å². The van der Waals surface area contributed by atoms with Crippen LogP contribution in [0.2, 0.25) is 0 Å². The van der Waals surface area contributed by atoms with E-state index in [9.17, 15) is 19.2 Å². The molecule has 1 N–H and O–H groups in total. The molecule has 0 aliphatic carbocycles. The van der Waals surface area contributed by atoms with Gasteiger partial charge in [0.25, 0.3) is 11.8 Å². The number of carboxylic acids is 1. The number of hydrogen-bond donors (Lipinski definition) is 1. The third-order valence-corrected chi connectivity index (χ3v) is 5.67. The van der Waals surface area contributed by atoms with Gasteiger partial charge in [-0.25, -0.2) is 19.4 Å². The van der Waals surface area contributed by atoms with Crippen molar-refractivity contribution in [1.82, 2.24) is 0 Å². The Balaban J connectivity index is 1.86. The van der Waals surface area contributed by atoms with Gasteiger partial charge in [0.05, 0.1) is 18.5 Å². The highest BCUT2D eigenvalue weighted by molar-refractivity contribution is 6.46. The van der Waals surface area contributed by atoms with E-state index in [1.807, 2.05) is 0 Å². The van der Waals surface area contributed by atoms with Crippen molar-refractivity contribution in [3.05, 3.63) is 102 Å². The molecule has 0 bridgehead atoms. The van der Waals surface area contributed by atoms with Crippen molar-refractivity contribution >= 4 is 41.3 Å². The summed E-state index contributed by atoms with van der Waals surface area (Å²) >= 11 is 0. The number of hydrogen-bond acceptors (Lipinski definition) is 6. The molecule has 3 aromatic carbocycles. The minimum absolute atomic E-state index is 0.212. The van der Waals surface area contributed by atoms with Gasteiger partial charge in [0.15, 0.2) is 18.1 Å². The van der Waals surface area contributed by atoms with Crippen LogP contribution >= 0.6 is 0 Å². The summed E-state index contributed by atoms with van der Waals surface area (Å²) in [6, 6.07) is 19.0. The summed E-state index contributed by atoms with van der Waals surface area (Å²) < 4.78 is 10.9. The first-order valence-corrected chi connectivity index (χ1v) is 11.6. The van der Waals surface area contributed by atoms with Crippen LogP contribution in [-0.2, 0) is 20.8 Å². The number of carbonyl (C=O) groups excluding carboxylic acids is 3. The van der Waals surface area contributed by atoms with Gasteiger partial charge in [-0.3, -0.25) is 9.59 Å². The number of barbiturate groups is 1. The lowest BCUT2D eigenvalue weighted by Gasteiger charge is -2.34. The molecule has 1 aliphatic rings. The zero-order valence-electron chi connectivity index (χ0n) is 20.5. The van der Waals surface area contributed by atoms with E-state index in [4.69, 9.17) is 14.6 Å². The summed E-state index contributed by atoms with van der Waals surface area (Å²) in [6.07, 6.45) is 3.28. The number of allylic oxidation sites excluding steroid dienone is 1. The minimum Gasteiger partial charge on any atom is -0.493 e. The third kappa shape index (κ3) is 5.17. The number of nitrogens with zero attached hydrogens (tertiary/aromatic N) is 2. The number of ether oxygens (including phenoxy) is 2. The van der Waals surface area contributed by atoms with Gasteiger partial charge in [0.1, 0.15) is 5.57 Å². The molecule has 0 saturated carbocycles. The van der Waals surface area contributed by atoms with Gasteiger partial charge in [-0.15, -0.1) is 6.58 Å². The number of anilines is 2. The molecule has 192 valence electrons. The van der Waals surface area contributed by atoms with E-state index < -0.39 is 30.4 Å². The maximum atomic E-state index is 13.6. The fraction of sp³-hybridized carbons (Fsp3) is 0.103. The van der Waals surface area contributed by atoms with Gasteiger partial charge in [0.2, 0.25) is 0 Å². The Bertz CT molecular complexity index is 1370. The molecule has 1 aliphatic heterocycles. The van der Waals surface area contributed by atoms with Gasteiger partial charge in [-0.1, -0.05) is 42.5 Å². The lowest BCUT2D eigenvalue weighted by atomic mass is 10.0. The van der Waals surface area contributed by atoms with Gasteiger partial charge in [-0.05, 0) is 54.5 Å². The van der Waals surface area contributed by atoms with Crippen LogP contribution in [0.5, 0.6) is 11.5 Å². The van der Waals surface area contributed by atoms with Crippen molar-refractivity contribution in [1.29, 1.82) is 0 Å². The third-order valence-electron chi connectivity index (χ3n) is 5.67. The van der Waals surface area contributed by atoms with Crippen molar-refractivity contribution in [2.75, 3.05) is 23.5 Å². The molecule has 0 aromatic heterocycles. The molecule has 4 rings (SSSR count). The molecular formula is C29H24N2O7. The fourth-order valence-electron chi connectivity index (χ4n) is 4.03. The van der Waals surface area contributed by atoms with Crippen molar-refractivity contribution < 1.29 is 33.8 Å². The number of imide groups is 2. The van der Waals surface area contributed by atoms with Crippen LogP contribution in [0, 0.1) is 0 Å². The molecule has 4 amide bonds. The number of rotatable bonds is 9. The Morgan fingerprint density at radius 3 is 1.95 bits per heavy atom. The number of carboxylic acid groups (broad SMARTS) is 1. The summed E-state index contributed by atoms with van der Waals surface area (Å²) in [5, 5.41) is 9.04. The SMILES string of the molecule is C=CCc1cc(C=C2C(=O)N(c3ccccc3)C(=O)N(c3ccccc3)C2=O)cc(OC)c1OCC(=O)O. The number of amides is 4. The molecule has 0 radical (unpaired) electrons. The van der Waals surface area contributed by atoms with Gasteiger partial charge >= 0.3 is 12.0 Å². The van der Waals surface area contributed by atoms with Crippen molar-refractivity contribution in [2.45, 2.75) is 6.42 Å². The highest BCUT2D eigenvalue weighted by Crippen LogP contribution is 2.35. The van der Waals surface area contributed by atoms with Crippen LogP contribution in [0.25, 0.3) is 6.08 Å². The average Bonchev–Trinajstić information content (AvgIpc) is 2.91. The Kier molecular flexibility index (Phi) is 7.67. The molecule has 0 spiro atoms. The fourth-order valence-corrected chi connectivity index (χ4v) is 4.03. The number of carbonyl (C=O) groups is 4. The van der Waals surface area contributed by atoms with E-state index in [1.165, 1.54) is 19.3 Å². The topological polar surface area (TPSA) is 113 Å². The highest BCUT2D eigenvalue weighted by atomic mass is 16.5. The van der Waals surface area contributed by atoms with Gasteiger partial charge in [0, 0.05) is 5.56 Å². The lowest BCUT2D eigenvalue weighted by molar-refractivity contribution is -0.139. The van der Waals surface area contributed by atoms with Gasteiger partial charge < -0.3 is 14.6 Å². The second-order valence-electron chi connectivity index (χ2n) is 8.18. The Morgan fingerprint density at radius 1 is 0.921 bits per heavy atom. The predicted molar refractivity (Wildman–Crippen MR) is 141 cm³/mol. The Labute approximate surface area is 218 Å². The van der Waals surface area contributed by atoms with Crippen LogP contribution in [0.15, 0.2) is 91.0 Å². The van der Waals surface area contributed by atoms with E-state index in [0.717, 1.165) is 9.80 Å². The summed E-state index contributed by atoms with van der Waals surface area (Å²) in [5.41, 5.74) is 1.32. The van der Waals surface area contributed by atoms with Crippen LogP contribution in [-0.4, -0.2) is 42.6 Å². The molecular weight excluding hydrogens is 488 g/mol. The standard InChI is InChI=1S/C29H24N2O7/c1-3-10-20-15-19(17-24(37-2)26(20)38-18-25(32)33)16-23-27(34)30(21-11-6-4-7-12-21)29(36)31(28(23)35)22-13-8-5-9-14-22/h3-9,11-17H,1,10,18H2,2H3,(H,32,33). The van der Waals surface area contributed by atoms with Crippen LogP contribution in [0.1, 0.15) is 11.1 Å². The lowest BCUT2D eigenvalue weighted by Crippen LogP contribution is -2.57. The molecule has 38 heavy (non-hydrogen) atoms. The first kappa shape index (κ1) is 25.9. The largest absolute Gasteiger partial charge is 0.493 e. The number of para-hydroxylation sites is 2. The summed E-state index contributed by atoms with van der Waals surface area (Å²) in [5.74, 6) is -2.30. The second-order valence-corrected chi connectivity index (χ2v) is 8.18. The minimum atomic E-state index is -1.16. The molecule has 0 atom stereocenters. The zero-order valence-corrected chi connectivity index (χ0v) is 20.5. The van der Waals surface area contributed by atoms with E-state index >= 15 is 0 Å². The molecule has 3 aromatic rings. The maximum absolute atomic E-state index is 13.6. The molecule has 1 saturated heterocycles. The number of aliphatic carboxylic acids is 1. The summed E-state index contributed by atoms with van der Waals surface area (Å²) in [6.45, 7) is 3.14. The van der Waals surface area contributed by atoms with Gasteiger partial charge in [-0.2, -0.15) is 0 Å². The quantitative estimate of drug-likeness (QED) is 0.256. The maximum Gasteiger partial charge on any atom is 0.343 e. The first-order chi connectivity index (χ1) is 18.3. The normalized spacial score (nSPS) is 13.4. The van der Waals surface area contributed by atoms with Crippen molar-refractivity contribution in [3.8, 4) is 11.5 Å². The smallest absolute Gasteiger partial charge is 0.343 e. The van der Waals surface area contributed by atoms with Crippen LogP contribution in [0.4, 0.5) is 16.2 Å². The monoisotopic (exact) mass is 512 g/mol.